The highest BCUT2D eigenvalue weighted by Gasteiger charge is 2.32. The minimum Gasteiger partial charge on any atom is -0.487 e. The van der Waals surface area contributed by atoms with Crippen LogP contribution in [0.4, 0.5) is 0 Å². The van der Waals surface area contributed by atoms with Crippen molar-refractivity contribution in [2.45, 2.75) is 46.3 Å². The summed E-state index contributed by atoms with van der Waals surface area (Å²) in [4.78, 5) is 0. The fourth-order valence-corrected chi connectivity index (χ4v) is 3.26. The molecule has 2 atom stereocenters. The standard InChI is InChI=1S/C19H22O2/c1-11-9-12(2)14(4)18(13(11)3)19(20)17-10-15-7-5-6-8-16(15)21-17/h5-9,17,19-20H,10H2,1-4H3. The second-order valence-corrected chi connectivity index (χ2v) is 6.09. The van der Waals surface area contributed by atoms with Gasteiger partial charge in [0.05, 0.1) is 0 Å². The molecule has 2 heteroatoms. The molecule has 3 rings (SSSR count). The fraction of sp³-hybridized carbons (Fsp3) is 0.368. The van der Waals surface area contributed by atoms with Crippen molar-refractivity contribution in [1.29, 1.82) is 0 Å². The lowest BCUT2D eigenvalue weighted by Gasteiger charge is -2.24. The van der Waals surface area contributed by atoms with Gasteiger partial charge in [-0.2, -0.15) is 0 Å². The Hall–Kier alpha value is -1.80. The molecule has 110 valence electrons. The molecular formula is C19H22O2. The summed E-state index contributed by atoms with van der Waals surface area (Å²) < 4.78 is 5.96. The molecule has 2 nitrogen and oxygen atoms in total. The number of aliphatic hydroxyl groups is 1. The van der Waals surface area contributed by atoms with Crippen molar-refractivity contribution in [1.82, 2.24) is 0 Å². The van der Waals surface area contributed by atoms with Crippen LogP contribution in [0.5, 0.6) is 5.75 Å². The van der Waals surface area contributed by atoms with Crippen molar-refractivity contribution in [2.24, 2.45) is 0 Å². The highest BCUT2D eigenvalue weighted by atomic mass is 16.5. The number of hydrogen-bond donors (Lipinski definition) is 1. The van der Waals surface area contributed by atoms with Gasteiger partial charge < -0.3 is 9.84 Å². The second-order valence-electron chi connectivity index (χ2n) is 6.09. The number of ether oxygens (including phenoxy) is 1. The normalized spacial score (nSPS) is 18.2. The van der Waals surface area contributed by atoms with E-state index in [9.17, 15) is 5.11 Å². The molecule has 1 heterocycles. The molecule has 0 amide bonds. The maximum atomic E-state index is 10.9. The van der Waals surface area contributed by atoms with E-state index in [2.05, 4.69) is 39.8 Å². The Morgan fingerprint density at radius 1 is 1.05 bits per heavy atom. The molecule has 0 bridgehead atoms. The Kier molecular flexibility index (Phi) is 3.50. The third kappa shape index (κ3) is 2.34. The van der Waals surface area contributed by atoms with Gasteiger partial charge in [0.25, 0.3) is 0 Å². The molecule has 1 N–H and O–H groups in total. The molecule has 0 aliphatic carbocycles. The zero-order valence-electron chi connectivity index (χ0n) is 13.1. The molecule has 2 aromatic rings. The van der Waals surface area contributed by atoms with Crippen molar-refractivity contribution in [3.63, 3.8) is 0 Å². The molecule has 1 aliphatic rings. The van der Waals surface area contributed by atoms with E-state index in [1.165, 1.54) is 27.8 Å². The fourth-order valence-electron chi connectivity index (χ4n) is 3.26. The molecule has 2 unspecified atom stereocenters. The lowest BCUT2D eigenvalue weighted by atomic mass is 9.88. The van der Waals surface area contributed by atoms with Gasteiger partial charge in [-0.1, -0.05) is 24.3 Å². The van der Waals surface area contributed by atoms with Gasteiger partial charge in [0, 0.05) is 6.42 Å². The van der Waals surface area contributed by atoms with E-state index in [0.717, 1.165) is 17.7 Å². The first-order chi connectivity index (χ1) is 9.99. The third-order valence-electron chi connectivity index (χ3n) is 4.74. The van der Waals surface area contributed by atoms with E-state index < -0.39 is 6.10 Å². The maximum absolute atomic E-state index is 10.9. The first-order valence-electron chi connectivity index (χ1n) is 7.49. The van der Waals surface area contributed by atoms with Crippen LogP contribution in [0.25, 0.3) is 0 Å². The van der Waals surface area contributed by atoms with Gasteiger partial charge in [-0.3, -0.25) is 0 Å². The maximum Gasteiger partial charge on any atom is 0.133 e. The Morgan fingerprint density at radius 3 is 2.29 bits per heavy atom. The minimum atomic E-state index is -0.587. The molecule has 1 aliphatic heterocycles. The average molecular weight is 282 g/mol. The smallest absolute Gasteiger partial charge is 0.133 e. The average Bonchev–Trinajstić information content (AvgIpc) is 2.89. The number of para-hydroxylation sites is 1. The quantitative estimate of drug-likeness (QED) is 0.903. The highest BCUT2D eigenvalue weighted by molar-refractivity contribution is 5.46. The summed E-state index contributed by atoms with van der Waals surface area (Å²) in [6, 6.07) is 10.2. The van der Waals surface area contributed by atoms with Gasteiger partial charge in [-0.15, -0.1) is 0 Å². The Balaban J connectivity index is 1.96. The molecule has 0 spiro atoms. The summed E-state index contributed by atoms with van der Waals surface area (Å²) in [6.07, 6.45) is -0.0135. The van der Waals surface area contributed by atoms with Gasteiger partial charge in [0.1, 0.15) is 18.0 Å². The van der Waals surface area contributed by atoms with Crippen LogP contribution in [0.2, 0.25) is 0 Å². The van der Waals surface area contributed by atoms with Crippen molar-refractivity contribution >= 4 is 0 Å². The van der Waals surface area contributed by atoms with Crippen LogP contribution in [-0.2, 0) is 6.42 Å². The summed E-state index contributed by atoms with van der Waals surface area (Å²) in [5, 5.41) is 10.9. The Morgan fingerprint density at radius 2 is 1.67 bits per heavy atom. The summed E-state index contributed by atoms with van der Waals surface area (Å²) in [6.45, 7) is 8.37. The Labute approximate surface area is 126 Å². The van der Waals surface area contributed by atoms with Crippen LogP contribution in [0, 0.1) is 27.7 Å². The van der Waals surface area contributed by atoms with Crippen LogP contribution in [0.3, 0.4) is 0 Å². The summed E-state index contributed by atoms with van der Waals surface area (Å²) in [5.41, 5.74) is 7.01. The van der Waals surface area contributed by atoms with Crippen LogP contribution >= 0.6 is 0 Å². The van der Waals surface area contributed by atoms with Crippen LogP contribution < -0.4 is 4.74 Å². The van der Waals surface area contributed by atoms with Gasteiger partial charge in [0.2, 0.25) is 0 Å². The number of fused-ring (bicyclic) bond motifs is 1. The van der Waals surface area contributed by atoms with E-state index in [1.807, 2.05) is 18.2 Å². The topological polar surface area (TPSA) is 29.5 Å². The van der Waals surface area contributed by atoms with Crippen molar-refractivity contribution in [3.05, 3.63) is 63.7 Å². The van der Waals surface area contributed by atoms with E-state index in [0.29, 0.717) is 0 Å². The molecule has 0 saturated heterocycles. The van der Waals surface area contributed by atoms with Gasteiger partial charge >= 0.3 is 0 Å². The van der Waals surface area contributed by atoms with Crippen LogP contribution in [-0.4, -0.2) is 11.2 Å². The predicted octanol–water partition coefficient (Wildman–Crippen LogP) is 3.96. The molecule has 0 aromatic heterocycles. The zero-order chi connectivity index (χ0) is 15.1. The van der Waals surface area contributed by atoms with Crippen LogP contribution in [0.15, 0.2) is 30.3 Å². The number of hydrogen-bond acceptors (Lipinski definition) is 2. The minimum absolute atomic E-state index is 0.194. The third-order valence-corrected chi connectivity index (χ3v) is 4.74. The number of benzene rings is 2. The molecule has 2 aromatic carbocycles. The molecule has 0 saturated carbocycles. The largest absolute Gasteiger partial charge is 0.487 e. The van der Waals surface area contributed by atoms with E-state index in [4.69, 9.17) is 4.74 Å². The highest BCUT2D eigenvalue weighted by Crippen LogP contribution is 2.37. The van der Waals surface area contributed by atoms with Crippen molar-refractivity contribution in [2.75, 3.05) is 0 Å². The summed E-state index contributed by atoms with van der Waals surface area (Å²) in [7, 11) is 0. The van der Waals surface area contributed by atoms with Crippen molar-refractivity contribution < 1.29 is 9.84 Å². The monoisotopic (exact) mass is 282 g/mol. The number of aliphatic hydroxyl groups excluding tert-OH is 1. The zero-order valence-corrected chi connectivity index (χ0v) is 13.1. The van der Waals surface area contributed by atoms with Crippen molar-refractivity contribution in [3.8, 4) is 5.75 Å². The second kappa shape index (κ2) is 5.19. The van der Waals surface area contributed by atoms with E-state index in [1.54, 1.807) is 0 Å². The SMILES string of the molecule is Cc1cc(C)c(C)c(C(O)C2Cc3ccccc3O2)c1C. The van der Waals surface area contributed by atoms with E-state index >= 15 is 0 Å². The first kappa shape index (κ1) is 14.2. The Bertz CT molecular complexity index is 637. The first-order valence-corrected chi connectivity index (χ1v) is 7.49. The van der Waals surface area contributed by atoms with Crippen LogP contribution in [0.1, 0.15) is 39.5 Å². The predicted molar refractivity (Wildman–Crippen MR) is 84.9 cm³/mol. The number of aryl methyl sites for hydroxylation is 2. The summed E-state index contributed by atoms with van der Waals surface area (Å²) >= 11 is 0. The lowest BCUT2D eigenvalue weighted by molar-refractivity contribution is 0.0483. The van der Waals surface area contributed by atoms with Gasteiger partial charge in [0.15, 0.2) is 0 Å². The molecule has 0 radical (unpaired) electrons. The molecule has 0 fully saturated rings. The van der Waals surface area contributed by atoms with Gasteiger partial charge in [-0.25, -0.2) is 0 Å². The number of rotatable bonds is 2. The molecule has 21 heavy (non-hydrogen) atoms. The lowest BCUT2D eigenvalue weighted by Crippen LogP contribution is -2.25. The van der Waals surface area contributed by atoms with E-state index in [-0.39, 0.29) is 6.10 Å². The molecular weight excluding hydrogens is 260 g/mol. The van der Waals surface area contributed by atoms with Gasteiger partial charge in [-0.05, 0) is 67.1 Å². The summed E-state index contributed by atoms with van der Waals surface area (Å²) in [5.74, 6) is 0.904.